The van der Waals surface area contributed by atoms with Crippen molar-refractivity contribution < 1.29 is 5.11 Å². The maximum Gasteiger partial charge on any atom is 0.0804 e. The van der Waals surface area contributed by atoms with Crippen molar-refractivity contribution >= 4 is 0 Å². The Morgan fingerprint density at radius 1 is 1.12 bits per heavy atom. The second kappa shape index (κ2) is 6.77. The van der Waals surface area contributed by atoms with Crippen LogP contribution in [0.15, 0.2) is 30.3 Å². The molecule has 0 aromatic heterocycles. The van der Waals surface area contributed by atoms with Gasteiger partial charge in [-0.2, -0.15) is 0 Å². The largest absolute Gasteiger partial charge is 0.388 e. The molecular weight excluding hydrogens is 210 g/mol. The maximum absolute atomic E-state index is 10.2. The first-order valence-corrected chi connectivity index (χ1v) is 6.82. The lowest BCUT2D eigenvalue weighted by Gasteiger charge is -2.24. The van der Waals surface area contributed by atoms with Gasteiger partial charge in [0.25, 0.3) is 0 Å². The Balaban J connectivity index is 1.86. The maximum atomic E-state index is 10.2. The number of nitrogens with one attached hydrogen (secondary N) is 1. The molecule has 1 aromatic carbocycles. The third-order valence-electron chi connectivity index (χ3n) is 3.60. The number of aliphatic hydroxyl groups is 1. The summed E-state index contributed by atoms with van der Waals surface area (Å²) in [6.45, 7) is 1.10. The van der Waals surface area contributed by atoms with E-state index >= 15 is 0 Å². The molecule has 2 heteroatoms. The molecule has 0 spiro atoms. The van der Waals surface area contributed by atoms with Gasteiger partial charge in [0.2, 0.25) is 0 Å². The molecule has 1 aliphatic rings. The molecule has 2 atom stereocenters. The van der Waals surface area contributed by atoms with Gasteiger partial charge in [-0.3, -0.25) is 0 Å². The monoisotopic (exact) mass is 233 g/mol. The van der Waals surface area contributed by atoms with E-state index in [9.17, 15) is 5.11 Å². The lowest BCUT2D eigenvalue weighted by molar-refractivity contribution is 0.147. The summed E-state index contributed by atoms with van der Waals surface area (Å²) in [5, 5.41) is 13.8. The predicted octanol–water partition coefficient (Wildman–Crippen LogP) is 3.03. The van der Waals surface area contributed by atoms with Crippen LogP contribution in [0.3, 0.4) is 0 Å². The zero-order chi connectivity index (χ0) is 11.9. The summed E-state index contributed by atoms with van der Waals surface area (Å²) >= 11 is 0. The van der Waals surface area contributed by atoms with E-state index in [1.54, 1.807) is 0 Å². The Labute approximate surface area is 104 Å². The van der Waals surface area contributed by atoms with E-state index in [4.69, 9.17) is 0 Å². The van der Waals surface area contributed by atoms with E-state index < -0.39 is 0 Å². The van der Waals surface area contributed by atoms with Gasteiger partial charge in [-0.05, 0) is 31.4 Å². The van der Waals surface area contributed by atoms with Gasteiger partial charge >= 0.3 is 0 Å². The van der Waals surface area contributed by atoms with E-state index in [1.165, 1.54) is 32.1 Å². The Hall–Kier alpha value is -0.860. The van der Waals surface area contributed by atoms with E-state index in [-0.39, 0.29) is 6.10 Å². The molecule has 2 nitrogen and oxygen atoms in total. The highest BCUT2D eigenvalue weighted by atomic mass is 16.3. The Bertz CT molecular complexity index is 304. The van der Waals surface area contributed by atoms with Gasteiger partial charge in [0, 0.05) is 6.04 Å². The molecule has 1 saturated heterocycles. The Kier molecular flexibility index (Phi) is 5.02. The van der Waals surface area contributed by atoms with Crippen LogP contribution in [0.1, 0.15) is 50.2 Å². The average Bonchev–Trinajstić information content (AvgIpc) is 2.33. The minimum Gasteiger partial charge on any atom is -0.388 e. The molecule has 0 bridgehead atoms. The number of benzene rings is 1. The molecule has 17 heavy (non-hydrogen) atoms. The quantitative estimate of drug-likeness (QED) is 0.841. The second-order valence-corrected chi connectivity index (χ2v) is 5.02. The Morgan fingerprint density at radius 3 is 2.71 bits per heavy atom. The van der Waals surface area contributed by atoms with E-state index in [2.05, 4.69) is 5.32 Å². The van der Waals surface area contributed by atoms with Gasteiger partial charge in [0.15, 0.2) is 0 Å². The van der Waals surface area contributed by atoms with Crippen LogP contribution < -0.4 is 5.32 Å². The molecular formula is C15H23NO. The zero-order valence-electron chi connectivity index (χ0n) is 10.4. The fourth-order valence-electron chi connectivity index (χ4n) is 2.56. The molecule has 0 aliphatic carbocycles. The molecule has 0 amide bonds. The lowest BCUT2D eigenvalue weighted by Crippen LogP contribution is -2.32. The molecule has 0 saturated carbocycles. The number of hydrogen-bond donors (Lipinski definition) is 2. The molecule has 1 heterocycles. The summed E-state index contributed by atoms with van der Waals surface area (Å²) in [5.74, 6) is 0. The first-order chi connectivity index (χ1) is 8.36. The van der Waals surface area contributed by atoms with Crippen molar-refractivity contribution in [3.63, 3.8) is 0 Å². The standard InChI is InChI=1S/C15H23NO/c17-15(13-8-4-3-5-9-13)12-14-10-6-1-2-7-11-16-14/h3-5,8-9,14-17H,1-2,6-7,10-12H2. The third-order valence-corrected chi connectivity index (χ3v) is 3.60. The minimum atomic E-state index is -0.326. The highest BCUT2D eigenvalue weighted by Crippen LogP contribution is 2.21. The summed E-state index contributed by atoms with van der Waals surface area (Å²) in [4.78, 5) is 0. The summed E-state index contributed by atoms with van der Waals surface area (Å²) in [5.41, 5.74) is 1.04. The van der Waals surface area contributed by atoms with Crippen molar-refractivity contribution in [1.82, 2.24) is 5.32 Å². The molecule has 1 aromatic rings. The van der Waals surface area contributed by atoms with Crippen LogP contribution in [-0.4, -0.2) is 17.7 Å². The number of rotatable bonds is 3. The highest BCUT2D eigenvalue weighted by molar-refractivity contribution is 5.17. The van der Waals surface area contributed by atoms with Crippen LogP contribution in [0.5, 0.6) is 0 Å². The van der Waals surface area contributed by atoms with Crippen molar-refractivity contribution in [1.29, 1.82) is 0 Å². The van der Waals surface area contributed by atoms with E-state index in [0.29, 0.717) is 6.04 Å². The molecule has 2 N–H and O–H groups in total. The summed E-state index contributed by atoms with van der Waals surface area (Å²) in [7, 11) is 0. The van der Waals surface area contributed by atoms with E-state index in [0.717, 1.165) is 18.5 Å². The van der Waals surface area contributed by atoms with Crippen molar-refractivity contribution in [3.05, 3.63) is 35.9 Å². The summed E-state index contributed by atoms with van der Waals surface area (Å²) in [6, 6.07) is 10.5. The molecule has 94 valence electrons. The molecule has 2 unspecified atom stereocenters. The van der Waals surface area contributed by atoms with Gasteiger partial charge in [0.05, 0.1) is 6.10 Å². The van der Waals surface area contributed by atoms with Gasteiger partial charge < -0.3 is 10.4 Å². The van der Waals surface area contributed by atoms with Crippen molar-refractivity contribution in [2.24, 2.45) is 0 Å². The average molecular weight is 233 g/mol. The summed E-state index contributed by atoms with van der Waals surface area (Å²) in [6.07, 6.45) is 6.97. The van der Waals surface area contributed by atoms with E-state index in [1.807, 2.05) is 30.3 Å². The molecule has 0 radical (unpaired) electrons. The SMILES string of the molecule is OC(CC1CCCCCCN1)c1ccccc1. The fraction of sp³-hybridized carbons (Fsp3) is 0.600. The first-order valence-electron chi connectivity index (χ1n) is 6.82. The molecule has 1 aliphatic heterocycles. The van der Waals surface area contributed by atoms with Crippen LogP contribution in [0.2, 0.25) is 0 Å². The highest BCUT2D eigenvalue weighted by Gasteiger charge is 2.16. The van der Waals surface area contributed by atoms with Crippen LogP contribution in [-0.2, 0) is 0 Å². The van der Waals surface area contributed by atoms with Gasteiger partial charge in [-0.1, -0.05) is 49.6 Å². The number of hydrogen-bond acceptors (Lipinski definition) is 2. The van der Waals surface area contributed by atoms with Crippen molar-refractivity contribution in [2.75, 3.05) is 6.54 Å². The smallest absolute Gasteiger partial charge is 0.0804 e. The Morgan fingerprint density at radius 2 is 1.88 bits per heavy atom. The molecule has 2 rings (SSSR count). The number of aliphatic hydroxyl groups excluding tert-OH is 1. The fourth-order valence-corrected chi connectivity index (χ4v) is 2.56. The van der Waals surface area contributed by atoms with Crippen LogP contribution in [0, 0.1) is 0 Å². The van der Waals surface area contributed by atoms with Crippen LogP contribution in [0.25, 0.3) is 0 Å². The lowest BCUT2D eigenvalue weighted by atomic mass is 9.96. The predicted molar refractivity (Wildman–Crippen MR) is 70.9 cm³/mol. The van der Waals surface area contributed by atoms with Gasteiger partial charge in [-0.25, -0.2) is 0 Å². The summed E-state index contributed by atoms with van der Waals surface area (Å²) < 4.78 is 0. The second-order valence-electron chi connectivity index (χ2n) is 5.02. The topological polar surface area (TPSA) is 32.3 Å². The third kappa shape index (κ3) is 4.14. The molecule has 1 fully saturated rings. The normalized spacial score (nSPS) is 23.7. The van der Waals surface area contributed by atoms with Gasteiger partial charge in [-0.15, -0.1) is 0 Å². The first kappa shape index (κ1) is 12.6. The van der Waals surface area contributed by atoms with Crippen molar-refractivity contribution in [2.45, 2.75) is 50.7 Å². The van der Waals surface area contributed by atoms with Crippen LogP contribution >= 0.6 is 0 Å². The minimum absolute atomic E-state index is 0.326. The van der Waals surface area contributed by atoms with Crippen molar-refractivity contribution in [3.8, 4) is 0 Å². The zero-order valence-corrected chi connectivity index (χ0v) is 10.4. The van der Waals surface area contributed by atoms with Gasteiger partial charge in [0.1, 0.15) is 0 Å². The van der Waals surface area contributed by atoms with Crippen LogP contribution in [0.4, 0.5) is 0 Å².